The molecule has 0 unspecified atom stereocenters. The molecule has 0 aliphatic carbocycles. The van der Waals surface area contributed by atoms with Crippen LogP contribution in [0.25, 0.3) is 0 Å². The van der Waals surface area contributed by atoms with Crippen LogP contribution in [0.1, 0.15) is 31.7 Å². The van der Waals surface area contributed by atoms with E-state index in [0.717, 1.165) is 11.3 Å². The van der Waals surface area contributed by atoms with Crippen LogP contribution in [-0.2, 0) is 29.9 Å². The van der Waals surface area contributed by atoms with Gasteiger partial charge in [0.1, 0.15) is 12.1 Å². The van der Waals surface area contributed by atoms with Gasteiger partial charge in [0, 0.05) is 43.5 Å². The highest BCUT2D eigenvalue weighted by molar-refractivity contribution is 7.72. The molecule has 1 aromatic rings. The maximum atomic E-state index is 12.7. The van der Waals surface area contributed by atoms with E-state index in [4.69, 9.17) is 42.8 Å². The zero-order chi connectivity index (χ0) is 30.6. The molecule has 0 fully saturated rings. The molecule has 228 valence electrons. The monoisotopic (exact) mass is 648 g/mol. The van der Waals surface area contributed by atoms with Crippen molar-refractivity contribution in [1.29, 1.82) is 0 Å². The quantitative estimate of drug-likeness (QED) is 0.0444. The van der Waals surface area contributed by atoms with Gasteiger partial charge >= 0.3 is 15.2 Å². The SMILES string of the molecule is C[C@@H](NC(=O)[C@H](Cc1ccc(N(CCCl)CCCl)cc1)NC=O)C(=O)NCCCCC(O)(P(=O)(O)O)P(=O)(O)O. The van der Waals surface area contributed by atoms with Gasteiger partial charge in [-0.1, -0.05) is 12.1 Å². The van der Waals surface area contributed by atoms with Crippen LogP contribution in [-0.4, -0.2) is 91.5 Å². The smallest absolute Gasteiger partial charge is 0.369 e. The number of alkyl halides is 2. The third-order valence-electron chi connectivity index (χ3n) is 5.96. The Morgan fingerprint density at radius 3 is 2.02 bits per heavy atom. The standard InChI is InChI=1S/C22H36Cl2N4O10P2/c1-16(20(30)25-11-3-2-8-22(32,39(33,34)35)40(36,37)38)27-21(31)19(26-15-29)14-17-4-6-18(7-5-17)28(12-9-23)13-10-24/h4-7,15-16,19,32H,2-3,8-14H2,1H3,(H,25,30)(H,26,29)(H,27,31)(H2,33,34,35)(H2,36,37,38)/t16-,19+/m1/s1. The van der Waals surface area contributed by atoms with Gasteiger partial charge in [0.25, 0.3) is 5.08 Å². The van der Waals surface area contributed by atoms with E-state index in [1.165, 1.54) is 6.92 Å². The van der Waals surface area contributed by atoms with Gasteiger partial charge in [-0.25, -0.2) is 0 Å². The number of halogens is 2. The Labute approximate surface area is 242 Å². The topological polar surface area (TPSA) is 226 Å². The molecule has 0 saturated carbocycles. The largest absolute Gasteiger partial charge is 0.369 e. The van der Waals surface area contributed by atoms with Gasteiger partial charge < -0.3 is 45.5 Å². The van der Waals surface area contributed by atoms with Crippen LogP contribution in [0, 0.1) is 0 Å². The van der Waals surface area contributed by atoms with E-state index < -0.39 is 50.6 Å². The van der Waals surface area contributed by atoms with E-state index in [1.807, 2.05) is 17.0 Å². The van der Waals surface area contributed by atoms with Crippen molar-refractivity contribution in [3.05, 3.63) is 29.8 Å². The fraction of sp³-hybridized carbons (Fsp3) is 0.591. The number of anilines is 1. The number of carbonyl (C=O) groups is 3. The number of hydrogen-bond acceptors (Lipinski definition) is 7. The summed E-state index contributed by atoms with van der Waals surface area (Å²) in [6, 6.07) is 5.30. The fourth-order valence-corrected chi connectivity index (χ4v) is 6.32. The first-order chi connectivity index (χ1) is 18.6. The third kappa shape index (κ3) is 10.9. The summed E-state index contributed by atoms with van der Waals surface area (Å²) in [5, 5.41) is 13.7. The van der Waals surface area contributed by atoms with Crippen molar-refractivity contribution in [2.24, 2.45) is 0 Å². The van der Waals surface area contributed by atoms with Crippen molar-refractivity contribution in [3.8, 4) is 0 Å². The summed E-state index contributed by atoms with van der Waals surface area (Å²) >= 11 is 11.7. The molecule has 0 bridgehead atoms. The molecule has 8 N–H and O–H groups in total. The van der Waals surface area contributed by atoms with E-state index in [1.54, 1.807) is 12.1 Å². The van der Waals surface area contributed by atoms with Crippen molar-refractivity contribution in [1.82, 2.24) is 16.0 Å². The fourth-order valence-electron chi connectivity index (χ4n) is 3.65. The minimum absolute atomic E-state index is 0.0211. The minimum Gasteiger partial charge on any atom is -0.369 e. The second-order valence-corrected chi connectivity index (χ2v) is 13.7. The predicted molar refractivity (Wildman–Crippen MR) is 150 cm³/mol. The summed E-state index contributed by atoms with van der Waals surface area (Å²) in [6.45, 7) is 2.55. The van der Waals surface area contributed by atoms with Crippen LogP contribution in [0.3, 0.4) is 0 Å². The normalized spacial score (nSPS) is 13.7. The van der Waals surface area contributed by atoms with E-state index in [2.05, 4.69) is 16.0 Å². The average molecular weight is 649 g/mol. The van der Waals surface area contributed by atoms with Gasteiger partial charge in [0.05, 0.1) is 0 Å². The van der Waals surface area contributed by atoms with E-state index in [0.29, 0.717) is 31.3 Å². The van der Waals surface area contributed by atoms with Crippen LogP contribution in [0.4, 0.5) is 5.69 Å². The number of nitrogens with zero attached hydrogens (tertiary/aromatic N) is 1. The van der Waals surface area contributed by atoms with Crippen LogP contribution in [0.5, 0.6) is 0 Å². The molecular weight excluding hydrogens is 613 g/mol. The lowest BCUT2D eigenvalue weighted by Crippen LogP contribution is -2.52. The molecule has 18 heteroatoms. The van der Waals surface area contributed by atoms with Gasteiger partial charge in [-0.05, 0) is 43.9 Å². The predicted octanol–water partition coefficient (Wildman–Crippen LogP) is 0.420. The van der Waals surface area contributed by atoms with Crippen LogP contribution in [0.2, 0.25) is 0 Å². The molecule has 40 heavy (non-hydrogen) atoms. The summed E-state index contributed by atoms with van der Waals surface area (Å²) in [4.78, 5) is 74.8. The van der Waals surface area contributed by atoms with Crippen LogP contribution < -0.4 is 20.9 Å². The van der Waals surface area contributed by atoms with Crippen molar-refractivity contribution in [2.75, 3.05) is 36.3 Å². The Balaban J connectivity index is 2.65. The minimum atomic E-state index is -5.55. The molecular formula is C22H36Cl2N4O10P2. The third-order valence-corrected chi connectivity index (χ3v) is 10.2. The molecule has 1 aromatic carbocycles. The zero-order valence-corrected chi connectivity index (χ0v) is 25.1. The lowest BCUT2D eigenvalue weighted by molar-refractivity contribution is -0.130. The Morgan fingerprint density at radius 1 is 1.00 bits per heavy atom. The second-order valence-electron chi connectivity index (χ2n) is 8.91. The Kier molecular flexibility index (Phi) is 15.1. The number of aliphatic hydroxyl groups is 1. The van der Waals surface area contributed by atoms with Crippen LogP contribution in [0.15, 0.2) is 24.3 Å². The molecule has 14 nitrogen and oxygen atoms in total. The van der Waals surface area contributed by atoms with E-state index in [-0.39, 0.29) is 25.8 Å². The number of benzene rings is 1. The molecule has 0 aliphatic heterocycles. The summed E-state index contributed by atoms with van der Waals surface area (Å²) in [6.07, 6.45) is -0.587. The summed E-state index contributed by atoms with van der Waals surface area (Å²) in [7, 11) is -11.1. The van der Waals surface area contributed by atoms with E-state index >= 15 is 0 Å². The molecule has 2 atom stereocenters. The highest BCUT2D eigenvalue weighted by Gasteiger charge is 2.58. The molecule has 0 aliphatic rings. The van der Waals surface area contributed by atoms with Gasteiger partial charge in [0.2, 0.25) is 18.2 Å². The first-order valence-corrected chi connectivity index (χ1v) is 16.5. The number of hydrogen-bond donors (Lipinski definition) is 8. The van der Waals surface area contributed by atoms with Crippen molar-refractivity contribution >= 4 is 62.3 Å². The summed E-state index contributed by atoms with van der Waals surface area (Å²) < 4.78 is 22.8. The number of carbonyl (C=O) groups excluding carboxylic acids is 3. The highest BCUT2D eigenvalue weighted by Crippen LogP contribution is 2.69. The lowest BCUT2D eigenvalue weighted by Gasteiger charge is -2.29. The molecule has 0 aromatic heterocycles. The van der Waals surface area contributed by atoms with Gasteiger partial charge in [0.15, 0.2) is 0 Å². The number of amides is 3. The second kappa shape index (κ2) is 16.6. The van der Waals surface area contributed by atoms with Crippen LogP contribution >= 0.6 is 38.4 Å². The molecule has 0 radical (unpaired) electrons. The maximum absolute atomic E-state index is 12.7. The van der Waals surface area contributed by atoms with Crippen molar-refractivity contribution < 1.29 is 48.2 Å². The Bertz CT molecular complexity index is 1040. The Hall–Kier alpha value is -1.73. The first-order valence-electron chi connectivity index (χ1n) is 12.2. The average Bonchev–Trinajstić information content (AvgIpc) is 2.86. The molecule has 0 heterocycles. The van der Waals surface area contributed by atoms with Gasteiger partial charge in [-0.2, -0.15) is 0 Å². The summed E-state index contributed by atoms with van der Waals surface area (Å²) in [5.41, 5.74) is 1.64. The highest BCUT2D eigenvalue weighted by atomic mass is 35.5. The molecule has 0 saturated heterocycles. The molecule has 3 amide bonds. The van der Waals surface area contributed by atoms with Crippen molar-refractivity contribution in [2.45, 2.75) is 49.8 Å². The van der Waals surface area contributed by atoms with Gasteiger partial charge in [-0.3, -0.25) is 23.5 Å². The summed E-state index contributed by atoms with van der Waals surface area (Å²) in [5.74, 6) is -0.376. The number of rotatable bonds is 19. The molecule has 1 rings (SSSR count). The van der Waals surface area contributed by atoms with Gasteiger partial charge in [-0.15, -0.1) is 23.2 Å². The first kappa shape index (κ1) is 36.3. The zero-order valence-electron chi connectivity index (χ0n) is 21.8. The lowest BCUT2D eigenvalue weighted by atomic mass is 10.0. The number of nitrogens with one attached hydrogen (secondary N) is 3. The van der Waals surface area contributed by atoms with Crippen molar-refractivity contribution in [3.63, 3.8) is 0 Å². The van der Waals surface area contributed by atoms with E-state index in [9.17, 15) is 28.6 Å². The molecule has 0 spiro atoms. The Morgan fingerprint density at radius 2 is 1.55 bits per heavy atom. The number of unbranched alkanes of at least 4 members (excludes halogenated alkanes) is 1. The maximum Gasteiger partial charge on any atom is 0.369 e.